The average molecular weight is 284 g/mol. The Morgan fingerprint density at radius 2 is 2.05 bits per heavy atom. The molecule has 3 heteroatoms. The Kier molecular flexibility index (Phi) is 6.22. The van der Waals surface area contributed by atoms with Gasteiger partial charge in [0, 0.05) is 24.4 Å². The number of hydrogen-bond donors (Lipinski definition) is 1. The molecule has 1 aromatic heterocycles. The van der Waals surface area contributed by atoms with Gasteiger partial charge in [0.1, 0.15) is 5.75 Å². The summed E-state index contributed by atoms with van der Waals surface area (Å²) in [7, 11) is 1.71. The topological polar surface area (TPSA) is 34.1 Å². The molecule has 0 aliphatic rings. The smallest absolute Gasteiger partial charge is 0.119 e. The molecule has 0 aliphatic carbocycles. The predicted octanol–water partition coefficient (Wildman–Crippen LogP) is 3.24. The van der Waals surface area contributed by atoms with Crippen molar-refractivity contribution in [2.75, 3.05) is 13.7 Å². The van der Waals surface area contributed by atoms with E-state index in [1.807, 2.05) is 30.5 Å². The predicted molar refractivity (Wildman–Crippen MR) is 86.7 cm³/mol. The standard InChI is InChI=1S/C18H24N2O/c1-3-10-19-17(14-16-8-4-5-11-20-16)12-15-7-6-9-18(13-15)21-2/h4-9,11,13,17,19H,3,10,12,14H2,1-2H3. The van der Waals surface area contributed by atoms with E-state index in [1.165, 1.54) is 5.56 Å². The summed E-state index contributed by atoms with van der Waals surface area (Å²) < 4.78 is 5.30. The van der Waals surface area contributed by atoms with E-state index in [4.69, 9.17) is 4.74 Å². The zero-order chi connectivity index (χ0) is 14.9. The van der Waals surface area contributed by atoms with E-state index in [0.717, 1.165) is 37.3 Å². The van der Waals surface area contributed by atoms with Crippen LogP contribution in [0.25, 0.3) is 0 Å². The summed E-state index contributed by atoms with van der Waals surface area (Å²) in [5.74, 6) is 0.916. The summed E-state index contributed by atoms with van der Waals surface area (Å²) in [6, 6.07) is 14.8. The highest BCUT2D eigenvalue weighted by Gasteiger charge is 2.11. The van der Waals surface area contributed by atoms with Crippen LogP contribution in [0, 0.1) is 0 Å². The number of methoxy groups -OCH3 is 1. The van der Waals surface area contributed by atoms with E-state index >= 15 is 0 Å². The Hall–Kier alpha value is -1.87. The molecule has 21 heavy (non-hydrogen) atoms. The number of hydrogen-bond acceptors (Lipinski definition) is 3. The second-order valence-corrected chi connectivity index (χ2v) is 5.23. The van der Waals surface area contributed by atoms with E-state index in [-0.39, 0.29) is 0 Å². The summed E-state index contributed by atoms with van der Waals surface area (Å²) in [6.07, 6.45) is 4.92. The molecule has 3 nitrogen and oxygen atoms in total. The number of nitrogens with one attached hydrogen (secondary N) is 1. The molecule has 1 N–H and O–H groups in total. The molecule has 0 saturated heterocycles. The molecule has 2 rings (SSSR count). The lowest BCUT2D eigenvalue weighted by molar-refractivity contribution is 0.413. The summed E-state index contributed by atoms with van der Waals surface area (Å²) in [5.41, 5.74) is 2.42. The number of ether oxygens (including phenoxy) is 1. The van der Waals surface area contributed by atoms with Crippen LogP contribution in [0.4, 0.5) is 0 Å². The van der Waals surface area contributed by atoms with Gasteiger partial charge in [-0.05, 0) is 49.2 Å². The van der Waals surface area contributed by atoms with Gasteiger partial charge in [0.05, 0.1) is 7.11 Å². The van der Waals surface area contributed by atoms with Crippen LogP contribution in [0.1, 0.15) is 24.6 Å². The highest BCUT2D eigenvalue weighted by molar-refractivity contribution is 5.29. The molecule has 0 saturated carbocycles. The van der Waals surface area contributed by atoms with Gasteiger partial charge in [-0.1, -0.05) is 25.1 Å². The average Bonchev–Trinajstić information content (AvgIpc) is 2.54. The Balaban J connectivity index is 2.04. The zero-order valence-electron chi connectivity index (χ0n) is 12.9. The minimum absolute atomic E-state index is 0.395. The summed E-state index contributed by atoms with van der Waals surface area (Å²) in [4.78, 5) is 4.44. The lowest BCUT2D eigenvalue weighted by atomic mass is 10.0. The molecule has 2 aromatic rings. The molecule has 1 heterocycles. The maximum atomic E-state index is 5.30. The van der Waals surface area contributed by atoms with Crippen LogP contribution in [0.5, 0.6) is 5.75 Å². The molecule has 1 unspecified atom stereocenters. The highest BCUT2D eigenvalue weighted by atomic mass is 16.5. The molecule has 0 fully saturated rings. The van der Waals surface area contributed by atoms with Gasteiger partial charge in [-0.2, -0.15) is 0 Å². The first kappa shape index (κ1) is 15.5. The third kappa shape index (κ3) is 5.20. The molecule has 0 radical (unpaired) electrons. The number of pyridine rings is 1. The fraction of sp³-hybridized carbons (Fsp3) is 0.389. The third-order valence-corrected chi connectivity index (χ3v) is 3.48. The Labute approximate surface area is 127 Å². The Morgan fingerprint density at radius 1 is 1.14 bits per heavy atom. The third-order valence-electron chi connectivity index (χ3n) is 3.48. The van der Waals surface area contributed by atoms with Crippen molar-refractivity contribution in [3.05, 3.63) is 59.9 Å². The van der Waals surface area contributed by atoms with Gasteiger partial charge >= 0.3 is 0 Å². The molecule has 0 spiro atoms. The minimum Gasteiger partial charge on any atom is -0.497 e. The quantitative estimate of drug-likeness (QED) is 0.808. The monoisotopic (exact) mass is 284 g/mol. The molecule has 1 aromatic carbocycles. The van der Waals surface area contributed by atoms with Gasteiger partial charge < -0.3 is 10.1 Å². The normalized spacial score (nSPS) is 12.1. The van der Waals surface area contributed by atoms with Crippen molar-refractivity contribution in [2.24, 2.45) is 0 Å². The first-order valence-electron chi connectivity index (χ1n) is 7.58. The minimum atomic E-state index is 0.395. The summed E-state index contributed by atoms with van der Waals surface area (Å²) >= 11 is 0. The second kappa shape index (κ2) is 8.42. The van der Waals surface area contributed by atoms with Crippen molar-refractivity contribution in [3.8, 4) is 5.75 Å². The van der Waals surface area contributed by atoms with E-state index < -0.39 is 0 Å². The Bertz CT molecular complexity index is 528. The maximum Gasteiger partial charge on any atom is 0.119 e. The van der Waals surface area contributed by atoms with Crippen molar-refractivity contribution in [2.45, 2.75) is 32.2 Å². The van der Waals surface area contributed by atoms with Crippen LogP contribution < -0.4 is 10.1 Å². The maximum absolute atomic E-state index is 5.30. The van der Waals surface area contributed by atoms with Crippen molar-refractivity contribution < 1.29 is 4.74 Å². The van der Waals surface area contributed by atoms with Crippen molar-refractivity contribution in [1.29, 1.82) is 0 Å². The van der Waals surface area contributed by atoms with E-state index in [0.29, 0.717) is 6.04 Å². The van der Waals surface area contributed by atoms with Crippen LogP contribution in [0.15, 0.2) is 48.7 Å². The number of aromatic nitrogens is 1. The molecular weight excluding hydrogens is 260 g/mol. The van der Waals surface area contributed by atoms with Crippen LogP contribution in [-0.2, 0) is 12.8 Å². The van der Waals surface area contributed by atoms with Crippen molar-refractivity contribution in [1.82, 2.24) is 10.3 Å². The Morgan fingerprint density at radius 3 is 2.76 bits per heavy atom. The van der Waals surface area contributed by atoms with Gasteiger partial charge in [0.25, 0.3) is 0 Å². The second-order valence-electron chi connectivity index (χ2n) is 5.23. The SMILES string of the molecule is CCCNC(Cc1cccc(OC)c1)Cc1ccccn1. The number of rotatable bonds is 8. The molecule has 1 atom stereocenters. The van der Waals surface area contributed by atoms with Crippen molar-refractivity contribution >= 4 is 0 Å². The molecule has 0 bridgehead atoms. The molecule has 0 aliphatic heterocycles. The number of nitrogens with zero attached hydrogens (tertiary/aromatic N) is 1. The van der Waals surface area contributed by atoms with E-state index in [1.54, 1.807) is 7.11 Å². The van der Waals surface area contributed by atoms with Crippen LogP contribution in [0.2, 0.25) is 0 Å². The summed E-state index contributed by atoms with van der Waals surface area (Å²) in [6.45, 7) is 3.22. The lowest BCUT2D eigenvalue weighted by Gasteiger charge is -2.18. The molecular formula is C18H24N2O. The molecule has 112 valence electrons. The van der Waals surface area contributed by atoms with E-state index in [9.17, 15) is 0 Å². The van der Waals surface area contributed by atoms with Gasteiger partial charge in [-0.15, -0.1) is 0 Å². The van der Waals surface area contributed by atoms with Gasteiger partial charge in [-0.25, -0.2) is 0 Å². The van der Waals surface area contributed by atoms with Gasteiger partial charge in [0.2, 0.25) is 0 Å². The fourth-order valence-corrected chi connectivity index (χ4v) is 2.42. The van der Waals surface area contributed by atoms with Crippen LogP contribution in [-0.4, -0.2) is 24.7 Å². The lowest BCUT2D eigenvalue weighted by Crippen LogP contribution is -2.34. The van der Waals surface area contributed by atoms with Gasteiger partial charge in [0.15, 0.2) is 0 Å². The zero-order valence-corrected chi connectivity index (χ0v) is 12.9. The molecule has 0 amide bonds. The van der Waals surface area contributed by atoms with Crippen LogP contribution in [0.3, 0.4) is 0 Å². The van der Waals surface area contributed by atoms with Gasteiger partial charge in [-0.3, -0.25) is 4.98 Å². The van der Waals surface area contributed by atoms with Crippen molar-refractivity contribution in [3.63, 3.8) is 0 Å². The first-order chi connectivity index (χ1) is 10.3. The summed E-state index contributed by atoms with van der Waals surface area (Å²) in [5, 5.41) is 3.62. The number of benzene rings is 1. The van der Waals surface area contributed by atoms with E-state index in [2.05, 4.69) is 35.4 Å². The fourth-order valence-electron chi connectivity index (χ4n) is 2.42. The largest absolute Gasteiger partial charge is 0.497 e. The van der Waals surface area contributed by atoms with Crippen LogP contribution >= 0.6 is 0 Å². The first-order valence-corrected chi connectivity index (χ1v) is 7.58. The highest BCUT2D eigenvalue weighted by Crippen LogP contribution is 2.15.